The molecular weight excluding hydrogens is 1020 g/mol. The zero-order valence-electron chi connectivity index (χ0n) is 43.4. The third-order valence-electron chi connectivity index (χ3n) is 14.0. The molecule has 24 nitrogen and oxygen atoms in total. The molecule has 2 aliphatic heterocycles. The Kier molecular flexibility index (Phi) is 21.6. The SMILES string of the molecule is CCCCCCCCCCCCCCCCCCOC[C@H](COP(=O)(OC[C@H]1O[C@@](C#N)(c2ccc3c(N)ncnn23)[C@H](O)[C@@H]1O)OC[C@H]1O[C@@](C#N)(c2ccc3c(N)ncnn23)[C@H](O)[C@@H]1O)OCc1cncc(C#N)c1. The molecule has 416 valence electrons. The van der Waals surface area contributed by atoms with Gasteiger partial charge in [0.1, 0.15) is 84.6 Å². The summed E-state index contributed by atoms with van der Waals surface area (Å²) in [6.07, 6.45) is 13.3. The van der Waals surface area contributed by atoms with Gasteiger partial charge in [-0.05, 0) is 42.3 Å². The molecule has 2 fully saturated rings. The van der Waals surface area contributed by atoms with E-state index in [2.05, 4.69) is 32.1 Å². The van der Waals surface area contributed by atoms with Crippen LogP contribution in [0, 0.1) is 34.0 Å². The minimum atomic E-state index is -4.96. The van der Waals surface area contributed by atoms with E-state index in [1.807, 2.05) is 18.2 Å². The van der Waals surface area contributed by atoms with Crippen LogP contribution in [0.2, 0.25) is 0 Å². The normalized spacial score (nSPS) is 23.8. The molecule has 9 atom stereocenters. The van der Waals surface area contributed by atoms with Gasteiger partial charge in [-0.2, -0.15) is 26.0 Å². The van der Waals surface area contributed by atoms with Crippen molar-refractivity contribution in [3.8, 4) is 18.2 Å². The number of unbranched alkanes of at least 4 members (excludes halogenated alkanes) is 15. The van der Waals surface area contributed by atoms with E-state index in [-0.39, 0.29) is 47.3 Å². The highest BCUT2D eigenvalue weighted by atomic mass is 31.2. The van der Waals surface area contributed by atoms with Crippen LogP contribution in [0.3, 0.4) is 0 Å². The highest BCUT2D eigenvalue weighted by Crippen LogP contribution is 2.52. The summed E-state index contributed by atoms with van der Waals surface area (Å²) in [7, 11) is -4.96. The molecule has 0 radical (unpaired) electrons. The van der Waals surface area contributed by atoms with Crippen molar-refractivity contribution in [2.24, 2.45) is 0 Å². The minimum Gasteiger partial charge on any atom is -0.387 e. The van der Waals surface area contributed by atoms with Gasteiger partial charge in [0.15, 0.2) is 11.6 Å². The van der Waals surface area contributed by atoms with Crippen LogP contribution in [0.4, 0.5) is 11.6 Å². The molecule has 0 aliphatic carbocycles. The highest BCUT2D eigenvalue weighted by molar-refractivity contribution is 7.48. The number of aliphatic hydroxyl groups excluding tert-OH is 4. The number of nitriles is 3. The summed E-state index contributed by atoms with van der Waals surface area (Å²) in [4.78, 5) is 12.0. The number of nitrogen functional groups attached to an aromatic ring is 2. The molecule has 0 unspecified atom stereocenters. The molecule has 7 heterocycles. The maximum Gasteiger partial charge on any atom is 0.475 e. The summed E-state index contributed by atoms with van der Waals surface area (Å²) in [5.74, 6) is 0.137. The predicted molar refractivity (Wildman–Crippen MR) is 277 cm³/mol. The van der Waals surface area contributed by atoms with Crippen LogP contribution < -0.4 is 11.5 Å². The Hall–Kier alpha value is -5.75. The van der Waals surface area contributed by atoms with Crippen LogP contribution >= 0.6 is 7.82 Å². The first-order chi connectivity index (χ1) is 37.3. The van der Waals surface area contributed by atoms with E-state index < -0.39 is 81.6 Å². The number of hydrogen-bond acceptors (Lipinski definition) is 22. The molecule has 0 aromatic carbocycles. The number of nitrogens with zero attached hydrogens (tertiary/aromatic N) is 10. The van der Waals surface area contributed by atoms with Gasteiger partial charge in [0, 0.05) is 19.0 Å². The van der Waals surface area contributed by atoms with E-state index in [0.717, 1.165) is 38.3 Å². The molecule has 0 saturated carbocycles. The van der Waals surface area contributed by atoms with Crippen LogP contribution in [-0.4, -0.2) is 130 Å². The fraction of sp³-hybridized carbons (Fsp3) is 0.615. The Morgan fingerprint density at radius 1 is 0.688 bits per heavy atom. The third-order valence-corrected chi connectivity index (χ3v) is 15.4. The lowest BCUT2D eigenvalue weighted by molar-refractivity contribution is -0.0802. The lowest BCUT2D eigenvalue weighted by Crippen LogP contribution is -2.41. The van der Waals surface area contributed by atoms with Crippen molar-refractivity contribution in [1.29, 1.82) is 15.8 Å². The predicted octanol–water partition coefficient (Wildman–Crippen LogP) is 5.60. The van der Waals surface area contributed by atoms with Crippen molar-refractivity contribution in [3.05, 3.63) is 77.9 Å². The summed E-state index contributed by atoms with van der Waals surface area (Å²) >= 11 is 0. The summed E-state index contributed by atoms with van der Waals surface area (Å²) in [5, 5.41) is 84.3. The fourth-order valence-corrected chi connectivity index (χ4v) is 10.9. The zero-order valence-corrected chi connectivity index (χ0v) is 44.3. The van der Waals surface area contributed by atoms with Crippen LogP contribution in [0.25, 0.3) is 11.0 Å². The van der Waals surface area contributed by atoms with Gasteiger partial charge >= 0.3 is 7.82 Å². The number of anilines is 2. The minimum absolute atomic E-state index is 0.000680. The van der Waals surface area contributed by atoms with Gasteiger partial charge in [-0.25, -0.2) is 23.6 Å². The Morgan fingerprint density at radius 2 is 1.17 bits per heavy atom. The number of aliphatic hydroxyl groups is 4. The van der Waals surface area contributed by atoms with Gasteiger partial charge in [0.2, 0.25) is 11.2 Å². The molecule has 8 N–H and O–H groups in total. The topological polar surface area (TPSA) is 359 Å². The fourth-order valence-electron chi connectivity index (χ4n) is 9.67. The second-order valence-electron chi connectivity index (χ2n) is 19.5. The second kappa shape index (κ2) is 28.2. The Bertz CT molecular complexity index is 2720. The lowest BCUT2D eigenvalue weighted by Gasteiger charge is -2.26. The lowest BCUT2D eigenvalue weighted by atomic mass is 9.92. The first-order valence-electron chi connectivity index (χ1n) is 26.5. The van der Waals surface area contributed by atoms with Gasteiger partial charge in [-0.15, -0.1) is 0 Å². The van der Waals surface area contributed by atoms with Crippen LogP contribution in [-0.2, 0) is 54.9 Å². The summed E-state index contributed by atoms with van der Waals surface area (Å²) in [5.41, 5.74) is 8.99. The summed E-state index contributed by atoms with van der Waals surface area (Å²) in [6.45, 7) is 0.382. The number of rotatable bonds is 33. The van der Waals surface area contributed by atoms with E-state index in [4.69, 9.17) is 44.0 Å². The van der Waals surface area contributed by atoms with E-state index in [9.17, 15) is 40.8 Å². The van der Waals surface area contributed by atoms with E-state index >= 15 is 0 Å². The number of phosphoric acid groups is 1. The van der Waals surface area contributed by atoms with Crippen LogP contribution in [0.1, 0.15) is 132 Å². The molecule has 25 heteroatoms. The van der Waals surface area contributed by atoms with Crippen molar-refractivity contribution in [3.63, 3.8) is 0 Å². The van der Waals surface area contributed by atoms with Crippen molar-refractivity contribution >= 4 is 30.5 Å². The number of ether oxygens (including phenoxy) is 4. The van der Waals surface area contributed by atoms with Gasteiger partial charge < -0.3 is 50.8 Å². The van der Waals surface area contributed by atoms with Crippen molar-refractivity contribution in [2.45, 2.75) is 170 Å². The van der Waals surface area contributed by atoms with Crippen LogP contribution in [0.15, 0.2) is 55.4 Å². The highest BCUT2D eigenvalue weighted by Gasteiger charge is 2.59. The third kappa shape index (κ3) is 14.3. The second-order valence-corrected chi connectivity index (χ2v) is 21.2. The van der Waals surface area contributed by atoms with Crippen molar-refractivity contribution < 1.29 is 57.5 Å². The molecule has 2 saturated heterocycles. The zero-order chi connectivity index (χ0) is 54.8. The molecule has 7 rings (SSSR count). The Morgan fingerprint density at radius 3 is 1.64 bits per heavy atom. The number of aromatic nitrogens is 7. The van der Waals surface area contributed by atoms with E-state index in [0.29, 0.717) is 17.7 Å². The Labute approximate surface area is 447 Å². The van der Waals surface area contributed by atoms with Gasteiger partial charge in [-0.1, -0.05) is 103 Å². The first-order valence-corrected chi connectivity index (χ1v) is 27.9. The smallest absolute Gasteiger partial charge is 0.387 e. The van der Waals surface area contributed by atoms with Crippen molar-refractivity contribution in [2.75, 3.05) is 44.5 Å². The molecule has 0 bridgehead atoms. The number of fused-ring (bicyclic) bond motifs is 2. The number of pyridine rings is 1. The quantitative estimate of drug-likeness (QED) is 0.0220. The first kappa shape index (κ1) is 58.9. The van der Waals surface area contributed by atoms with Gasteiger partial charge in [0.25, 0.3) is 0 Å². The monoisotopic (exact) mass is 1090 g/mol. The number of nitrogens with two attached hydrogens (primary N) is 2. The van der Waals surface area contributed by atoms with Crippen molar-refractivity contribution in [1.82, 2.24) is 34.2 Å². The maximum atomic E-state index is 14.9. The summed E-state index contributed by atoms with van der Waals surface area (Å²) < 4.78 is 59.4. The average Bonchev–Trinajstić information content (AvgIpc) is 4.23. The van der Waals surface area contributed by atoms with E-state index in [1.165, 1.54) is 123 Å². The standard InChI is InChI=1S/C52H71N12O12P/c1-2-3-4-5-6-7-8-9-10-11-12-13-14-15-16-17-22-70-28-38(71-27-37-23-36(24-53)25-58-26-37)29-72-77(69,73-30-41-45(65)47(67)51(32-54,75-41)43-20-18-39-49(56)59-34-61-63(39)43)74-31-42-46(66)48(68)52(33-55,76-42)44-21-19-40-50(57)60-35-62-64(40)44/h18-21,23,25-26,34-35,38,41-42,45-48,65-68H,2-17,22,27-31H2,1H3,(H2,56,59,61)(H2,57,60,62)/t38-,41-,42-,45-,46-,47-,48-,51+,52+/m1/s1. The number of hydrogen-bond donors (Lipinski definition) is 6. The Balaban J connectivity index is 1.01. The van der Waals surface area contributed by atoms with Crippen LogP contribution in [0.5, 0.6) is 0 Å². The molecule has 2 aliphatic rings. The van der Waals surface area contributed by atoms with E-state index in [1.54, 1.807) is 6.07 Å². The molecule has 77 heavy (non-hydrogen) atoms. The molecular formula is C52H71N12O12P. The average molecular weight is 1090 g/mol. The molecule has 0 amide bonds. The molecule has 5 aromatic heterocycles. The number of phosphoric ester groups is 1. The summed E-state index contributed by atoms with van der Waals surface area (Å²) in [6, 6.07) is 13.4. The molecule has 0 spiro atoms. The molecule has 5 aromatic rings. The van der Waals surface area contributed by atoms with Gasteiger partial charge in [0.05, 0.1) is 50.0 Å². The maximum absolute atomic E-state index is 14.9. The largest absolute Gasteiger partial charge is 0.475 e. The van der Waals surface area contributed by atoms with Gasteiger partial charge in [-0.3, -0.25) is 18.6 Å².